The van der Waals surface area contributed by atoms with E-state index in [4.69, 9.17) is 5.73 Å². The van der Waals surface area contributed by atoms with Crippen LogP contribution in [0.1, 0.15) is 15.4 Å². The van der Waals surface area contributed by atoms with Crippen LogP contribution < -0.4 is 5.73 Å². The van der Waals surface area contributed by atoms with Crippen LogP contribution >= 0.6 is 11.3 Å². The van der Waals surface area contributed by atoms with Gasteiger partial charge in [0.2, 0.25) is 5.82 Å². The maximum absolute atomic E-state index is 10.8. The van der Waals surface area contributed by atoms with E-state index in [1.165, 1.54) is 9.56 Å². The van der Waals surface area contributed by atoms with E-state index < -0.39 is 4.92 Å². The monoisotopic (exact) mass is 252 g/mol. The molecular weight excluding hydrogens is 240 g/mol. The van der Waals surface area contributed by atoms with Gasteiger partial charge >= 0.3 is 5.69 Å². The fraction of sp³-hybridized carbons (Fsp3) is 0.300. The predicted octanol–water partition coefficient (Wildman–Crippen LogP) is 2.10. The number of thiophene rings is 1. The number of aryl methyl sites for hydroxylation is 2. The van der Waals surface area contributed by atoms with Crippen LogP contribution in [-0.4, -0.2) is 14.7 Å². The van der Waals surface area contributed by atoms with E-state index in [9.17, 15) is 10.1 Å². The third kappa shape index (κ3) is 2.14. The summed E-state index contributed by atoms with van der Waals surface area (Å²) in [5.74, 6) is 0.110. The second kappa shape index (κ2) is 4.17. The van der Waals surface area contributed by atoms with Gasteiger partial charge in [-0.3, -0.25) is 10.1 Å². The maximum atomic E-state index is 10.8. The second-order valence-corrected chi connectivity index (χ2v) is 5.12. The van der Waals surface area contributed by atoms with Crippen molar-refractivity contribution in [3.63, 3.8) is 0 Å². The molecule has 0 aliphatic carbocycles. The summed E-state index contributed by atoms with van der Waals surface area (Å²) in [6, 6.07) is 3.98. The number of nitro groups is 1. The molecule has 0 saturated carbocycles. The zero-order chi connectivity index (χ0) is 12.6. The molecule has 0 saturated heterocycles. The molecule has 0 atom stereocenters. The molecular formula is C10H12N4O2S. The fourth-order valence-electron chi connectivity index (χ4n) is 1.65. The lowest BCUT2D eigenvalue weighted by Crippen LogP contribution is -2.05. The largest absolute Gasteiger partial charge is 0.378 e. The molecule has 2 N–H and O–H groups in total. The predicted molar refractivity (Wildman–Crippen MR) is 66.2 cm³/mol. The molecule has 0 fully saturated rings. The summed E-state index contributed by atoms with van der Waals surface area (Å²) in [7, 11) is 0. The van der Waals surface area contributed by atoms with Gasteiger partial charge in [0, 0.05) is 9.75 Å². The van der Waals surface area contributed by atoms with Crippen molar-refractivity contribution in [3.05, 3.63) is 37.7 Å². The Hall–Kier alpha value is -1.89. The summed E-state index contributed by atoms with van der Waals surface area (Å²) >= 11 is 1.63. The van der Waals surface area contributed by atoms with Gasteiger partial charge in [-0.25, -0.2) is 4.68 Å². The summed E-state index contributed by atoms with van der Waals surface area (Å²) < 4.78 is 1.47. The SMILES string of the molecule is Cc1ccc(Cn2nc(C)c([N+](=O)[O-])c2N)s1. The average molecular weight is 252 g/mol. The molecule has 2 heterocycles. The molecule has 0 aliphatic rings. The average Bonchev–Trinajstić information content (AvgIpc) is 2.73. The quantitative estimate of drug-likeness (QED) is 0.669. The van der Waals surface area contributed by atoms with Gasteiger partial charge in [-0.1, -0.05) is 0 Å². The van der Waals surface area contributed by atoms with E-state index >= 15 is 0 Å². The Morgan fingerprint density at radius 2 is 2.24 bits per heavy atom. The lowest BCUT2D eigenvalue weighted by atomic mass is 10.4. The van der Waals surface area contributed by atoms with Crippen LogP contribution in [0.5, 0.6) is 0 Å². The minimum absolute atomic E-state index is 0.0988. The number of anilines is 1. The van der Waals surface area contributed by atoms with Gasteiger partial charge in [0.25, 0.3) is 0 Å². The van der Waals surface area contributed by atoms with Gasteiger partial charge in [-0.15, -0.1) is 11.3 Å². The number of hydrogen-bond donors (Lipinski definition) is 1. The molecule has 6 nitrogen and oxygen atoms in total. The first-order valence-corrected chi connectivity index (χ1v) is 5.83. The van der Waals surface area contributed by atoms with Crippen molar-refractivity contribution in [1.29, 1.82) is 0 Å². The highest BCUT2D eigenvalue weighted by molar-refractivity contribution is 7.11. The summed E-state index contributed by atoms with van der Waals surface area (Å²) in [6.45, 7) is 4.07. The van der Waals surface area contributed by atoms with Crippen molar-refractivity contribution in [3.8, 4) is 0 Å². The van der Waals surface area contributed by atoms with E-state index in [1.54, 1.807) is 18.3 Å². The van der Waals surface area contributed by atoms with Crippen molar-refractivity contribution < 1.29 is 4.92 Å². The Labute approximate surface area is 102 Å². The van der Waals surface area contributed by atoms with Gasteiger partial charge in [0.15, 0.2) is 0 Å². The van der Waals surface area contributed by atoms with Crippen LogP contribution in [0.2, 0.25) is 0 Å². The molecule has 0 aliphatic heterocycles. The van der Waals surface area contributed by atoms with Crippen molar-refractivity contribution >= 4 is 22.8 Å². The molecule has 2 rings (SSSR count). The Kier molecular flexibility index (Phi) is 2.84. The van der Waals surface area contributed by atoms with Crippen LogP contribution in [0.4, 0.5) is 11.5 Å². The Bertz CT molecular complexity index is 573. The van der Waals surface area contributed by atoms with E-state index in [0.29, 0.717) is 12.2 Å². The lowest BCUT2D eigenvalue weighted by molar-refractivity contribution is -0.384. The van der Waals surface area contributed by atoms with E-state index in [2.05, 4.69) is 5.10 Å². The van der Waals surface area contributed by atoms with Gasteiger partial charge in [0.1, 0.15) is 5.69 Å². The van der Waals surface area contributed by atoms with Crippen LogP contribution in [-0.2, 0) is 6.54 Å². The second-order valence-electron chi connectivity index (χ2n) is 3.75. The maximum Gasteiger partial charge on any atom is 0.333 e. The highest BCUT2D eigenvalue weighted by Crippen LogP contribution is 2.26. The number of nitrogen functional groups attached to an aromatic ring is 1. The minimum atomic E-state index is -0.492. The zero-order valence-corrected chi connectivity index (χ0v) is 10.3. The van der Waals surface area contributed by atoms with Crippen molar-refractivity contribution in [2.24, 2.45) is 0 Å². The molecule has 0 spiro atoms. The van der Waals surface area contributed by atoms with Gasteiger partial charge in [-0.2, -0.15) is 5.10 Å². The Morgan fingerprint density at radius 1 is 1.53 bits per heavy atom. The van der Waals surface area contributed by atoms with Crippen LogP contribution in [0.15, 0.2) is 12.1 Å². The highest BCUT2D eigenvalue weighted by atomic mass is 32.1. The Balaban J connectivity index is 2.34. The fourth-order valence-corrected chi connectivity index (χ4v) is 2.53. The van der Waals surface area contributed by atoms with Crippen LogP contribution in [0, 0.1) is 24.0 Å². The molecule has 17 heavy (non-hydrogen) atoms. The van der Waals surface area contributed by atoms with E-state index in [-0.39, 0.29) is 11.5 Å². The smallest absolute Gasteiger partial charge is 0.333 e. The summed E-state index contributed by atoms with van der Waals surface area (Å²) in [5, 5.41) is 14.9. The topological polar surface area (TPSA) is 87.0 Å². The molecule has 0 radical (unpaired) electrons. The molecule has 0 amide bonds. The molecule has 2 aromatic heterocycles. The van der Waals surface area contributed by atoms with E-state index in [0.717, 1.165) is 4.88 Å². The van der Waals surface area contributed by atoms with Gasteiger partial charge < -0.3 is 5.73 Å². The normalized spacial score (nSPS) is 10.7. The third-order valence-corrected chi connectivity index (χ3v) is 3.40. The van der Waals surface area contributed by atoms with Crippen molar-refractivity contribution in [1.82, 2.24) is 9.78 Å². The highest BCUT2D eigenvalue weighted by Gasteiger charge is 2.22. The first kappa shape index (κ1) is 11.6. The summed E-state index contributed by atoms with van der Waals surface area (Å²) in [6.07, 6.45) is 0. The number of nitrogens with two attached hydrogens (primary N) is 1. The standard InChI is InChI=1S/C10H12N4O2S/c1-6-3-4-8(17-6)5-13-10(11)9(14(15)16)7(2)12-13/h3-4H,5,11H2,1-2H3. The molecule has 90 valence electrons. The molecule has 7 heteroatoms. The minimum Gasteiger partial charge on any atom is -0.378 e. The number of aromatic nitrogens is 2. The lowest BCUT2D eigenvalue weighted by Gasteiger charge is -2.00. The third-order valence-electron chi connectivity index (χ3n) is 2.42. The molecule has 2 aromatic rings. The van der Waals surface area contributed by atoms with Crippen LogP contribution in [0.3, 0.4) is 0 Å². The number of hydrogen-bond acceptors (Lipinski definition) is 5. The molecule has 0 unspecified atom stereocenters. The van der Waals surface area contributed by atoms with Crippen molar-refractivity contribution in [2.75, 3.05) is 5.73 Å². The molecule has 0 aromatic carbocycles. The first-order valence-electron chi connectivity index (χ1n) is 5.01. The van der Waals surface area contributed by atoms with Crippen molar-refractivity contribution in [2.45, 2.75) is 20.4 Å². The van der Waals surface area contributed by atoms with Gasteiger partial charge in [-0.05, 0) is 26.0 Å². The summed E-state index contributed by atoms with van der Waals surface area (Å²) in [4.78, 5) is 12.6. The van der Waals surface area contributed by atoms with Crippen LogP contribution in [0.25, 0.3) is 0 Å². The molecule has 0 bridgehead atoms. The Morgan fingerprint density at radius 3 is 2.71 bits per heavy atom. The summed E-state index contributed by atoms with van der Waals surface area (Å²) in [5.41, 5.74) is 5.97. The van der Waals surface area contributed by atoms with Gasteiger partial charge in [0.05, 0.1) is 11.5 Å². The van der Waals surface area contributed by atoms with E-state index in [1.807, 2.05) is 19.1 Å². The first-order chi connectivity index (χ1) is 7.99. The zero-order valence-electron chi connectivity index (χ0n) is 9.51. The number of rotatable bonds is 3. The number of nitrogens with zero attached hydrogens (tertiary/aromatic N) is 3.